The molecule has 1 rings (SSSR count). The smallest absolute Gasteiger partial charge is 0.327 e. The number of carbonyl (C=O) groups excluding carboxylic acids is 2. The Balaban J connectivity index is 2.76. The molecule has 6 heteroatoms. The lowest BCUT2D eigenvalue weighted by molar-refractivity contribution is -0.144. The molecule has 0 saturated heterocycles. The van der Waals surface area contributed by atoms with Gasteiger partial charge in [-0.3, -0.25) is 9.59 Å². The second-order valence-corrected chi connectivity index (χ2v) is 3.62. The highest BCUT2D eigenvalue weighted by Gasteiger charge is 2.11. The molecule has 14 heavy (non-hydrogen) atoms. The minimum absolute atomic E-state index is 0.0229. The first-order chi connectivity index (χ1) is 6.69. The van der Waals surface area contributed by atoms with Crippen molar-refractivity contribution >= 4 is 34.8 Å². The maximum atomic E-state index is 11.1. The fraction of sp³-hybridized carbons (Fsp3) is 0.375. The molecule has 1 heterocycles. The predicted molar refractivity (Wildman–Crippen MR) is 57.0 cm³/mol. The molecule has 0 bridgehead atoms. The van der Waals surface area contributed by atoms with Crippen molar-refractivity contribution in [1.29, 1.82) is 0 Å². The Labute approximate surface area is 94.6 Å². The summed E-state index contributed by atoms with van der Waals surface area (Å²) in [7, 11) is 0. The van der Waals surface area contributed by atoms with Gasteiger partial charge in [-0.25, -0.2) is 4.68 Å². The molecule has 0 N–H and O–H groups in total. The number of nitrogens with zero attached hydrogens (tertiary/aromatic N) is 2. The Morgan fingerprint density at radius 2 is 2.50 bits per heavy atom. The molecule has 0 atom stereocenters. The summed E-state index contributed by atoms with van der Waals surface area (Å²) < 4.78 is 6.79. The molecule has 0 spiro atoms. The number of halogens is 1. The number of hydrogen-bond acceptors (Lipinski definition) is 4. The number of ether oxygens (including phenoxy) is 1. The van der Waals surface area contributed by atoms with Crippen LogP contribution >= 0.6 is 22.6 Å². The first kappa shape index (κ1) is 11.2. The van der Waals surface area contributed by atoms with Crippen molar-refractivity contribution in [3.05, 3.63) is 15.5 Å². The van der Waals surface area contributed by atoms with Gasteiger partial charge in [0, 0.05) is 0 Å². The maximum Gasteiger partial charge on any atom is 0.327 e. The second kappa shape index (κ2) is 5.08. The summed E-state index contributed by atoms with van der Waals surface area (Å²) in [4.78, 5) is 21.7. The summed E-state index contributed by atoms with van der Waals surface area (Å²) >= 11 is 1.98. The second-order valence-electron chi connectivity index (χ2n) is 2.46. The number of rotatable bonds is 4. The van der Waals surface area contributed by atoms with Gasteiger partial charge in [-0.1, -0.05) is 0 Å². The predicted octanol–water partition coefficient (Wildman–Crippen LogP) is 0.863. The molecule has 0 fully saturated rings. The molecular formula is C8H9IN2O3. The van der Waals surface area contributed by atoms with Crippen LogP contribution in [-0.2, 0) is 16.1 Å². The highest BCUT2D eigenvalue weighted by atomic mass is 127. The van der Waals surface area contributed by atoms with Gasteiger partial charge < -0.3 is 4.74 Å². The van der Waals surface area contributed by atoms with E-state index in [4.69, 9.17) is 4.74 Å². The van der Waals surface area contributed by atoms with Gasteiger partial charge in [-0.15, -0.1) is 0 Å². The molecule has 5 nitrogen and oxygen atoms in total. The van der Waals surface area contributed by atoms with E-state index < -0.39 is 5.97 Å². The van der Waals surface area contributed by atoms with E-state index in [1.165, 1.54) is 10.9 Å². The third-order valence-corrected chi connectivity index (χ3v) is 2.36. The van der Waals surface area contributed by atoms with Crippen LogP contribution in [0.4, 0.5) is 0 Å². The van der Waals surface area contributed by atoms with Gasteiger partial charge in [0.15, 0.2) is 6.29 Å². The number of aromatic nitrogens is 2. The Morgan fingerprint density at radius 3 is 3.07 bits per heavy atom. The van der Waals surface area contributed by atoms with E-state index in [2.05, 4.69) is 5.10 Å². The van der Waals surface area contributed by atoms with E-state index in [9.17, 15) is 9.59 Å². The SMILES string of the molecule is CCOC(=O)Cn1ncc(I)c1C=O. The van der Waals surface area contributed by atoms with Gasteiger partial charge in [0.2, 0.25) is 0 Å². The van der Waals surface area contributed by atoms with E-state index in [1.54, 1.807) is 6.92 Å². The topological polar surface area (TPSA) is 61.2 Å². The Hall–Kier alpha value is -0.920. The third-order valence-electron chi connectivity index (χ3n) is 1.53. The van der Waals surface area contributed by atoms with Gasteiger partial charge in [0.25, 0.3) is 0 Å². The van der Waals surface area contributed by atoms with Crippen LogP contribution in [0.3, 0.4) is 0 Å². The van der Waals surface area contributed by atoms with Crippen molar-refractivity contribution < 1.29 is 14.3 Å². The van der Waals surface area contributed by atoms with Crippen molar-refractivity contribution in [2.45, 2.75) is 13.5 Å². The summed E-state index contributed by atoms with van der Waals surface area (Å²) in [6, 6.07) is 0. The van der Waals surface area contributed by atoms with Crippen LogP contribution in [0.15, 0.2) is 6.20 Å². The first-order valence-electron chi connectivity index (χ1n) is 4.01. The first-order valence-corrected chi connectivity index (χ1v) is 5.09. The van der Waals surface area contributed by atoms with Gasteiger partial charge in [-0.2, -0.15) is 5.10 Å². The zero-order chi connectivity index (χ0) is 10.6. The third kappa shape index (κ3) is 2.53. The molecular weight excluding hydrogens is 299 g/mol. The minimum Gasteiger partial charge on any atom is -0.465 e. The largest absolute Gasteiger partial charge is 0.465 e. The van der Waals surface area contributed by atoms with Gasteiger partial charge in [0.05, 0.1) is 16.4 Å². The molecule has 0 radical (unpaired) electrons. The molecule has 1 aromatic rings. The molecule has 0 aliphatic carbocycles. The van der Waals surface area contributed by atoms with Crippen LogP contribution in [0.5, 0.6) is 0 Å². The van der Waals surface area contributed by atoms with Crippen LogP contribution in [0.25, 0.3) is 0 Å². The molecule has 0 saturated carbocycles. The van der Waals surface area contributed by atoms with E-state index in [-0.39, 0.29) is 6.54 Å². The molecule has 0 aliphatic heterocycles. The van der Waals surface area contributed by atoms with E-state index in [0.29, 0.717) is 18.6 Å². The number of carbonyl (C=O) groups is 2. The lowest BCUT2D eigenvalue weighted by Crippen LogP contribution is -2.16. The van der Waals surface area contributed by atoms with Crippen LogP contribution in [-0.4, -0.2) is 28.6 Å². The standard InChI is InChI=1S/C8H9IN2O3/c1-2-14-8(13)4-11-7(5-12)6(9)3-10-11/h3,5H,2,4H2,1H3. The quantitative estimate of drug-likeness (QED) is 0.470. The molecule has 0 amide bonds. The zero-order valence-electron chi connectivity index (χ0n) is 7.57. The van der Waals surface area contributed by atoms with Crippen LogP contribution in [0.2, 0.25) is 0 Å². The van der Waals surface area contributed by atoms with Crippen LogP contribution in [0.1, 0.15) is 17.4 Å². The fourth-order valence-corrected chi connectivity index (χ4v) is 1.47. The average Bonchev–Trinajstić information content (AvgIpc) is 2.47. The fourth-order valence-electron chi connectivity index (χ4n) is 0.944. The highest BCUT2D eigenvalue weighted by molar-refractivity contribution is 14.1. The molecule has 0 aromatic carbocycles. The summed E-state index contributed by atoms with van der Waals surface area (Å²) in [5, 5.41) is 3.89. The normalized spacial score (nSPS) is 9.86. The van der Waals surface area contributed by atoms with Crippen LogP contribution in [0, 0.1) is 3.57 Å². The van der Waals surface area contributed by atoms with Crippen LogP contribution < -0.4 is 0 Å². The number of esters is 1. The average molecular weight is 308 g/mol. The molecule has 76 valence electrons. The number of hydrogen-bond donors (Lipinski definition) is 0. The van der Waals surface area contributed by atoms with Crippen molar-refractivity contribution in [2.24, 2.45) is 0 Å². The molecule has 1 aromatic heterocycles. The summed E-state index contributed by atoms with van der Waals surface area (Å²) in [5.74, 6) is -0.393. The Kier molecular flexibility index (Phi) is 4.05. The van der Waals surface area contributed by atoms with Gasteiger partial charge >= 0.3 is 5.97 Å². The Bertz CT molecular complexity index is 348. The van der Waals surface area contributed by atoms with E-state index in [0.717, 1.165) is 3.57 Å². The highest BCUT2D eigenvalue weighted by Crippen LogP contribution is 2.08. The lowest BCUT2D eigenvalue weighted by atomic mass is 10.4. The summed E-state index contributed by atoms with van der Waals surface area (Å²) in [5.41, 5.74) is 0.402. The van der Waals surface area contributed by atoms with Crippen molar-refractivity contribution in [3.8, 4) is 0 Å². The van der Waals surface area contributed by atoms with Gasteiger partial charge in [-0.05, 0) is 29.5 Å². The van der Waals surface area contributed by atoms with E-state index >= 15 is 0 Å². The van der Waals surface area contributed by atoms with E-state index in [1.807, 2.05) is 22.6 Å². The lowest BCUT2D eigenvalue weighted by Gasteiger charge is -2.02. The minimum atomic E-state index is -0.393. The van der Waals surface area contributed by atoms with Crippen molar-refractivity contribution in [1.82, 2.24) is 9.78 Å². The zero-order valence-corrected chi connectivity index (χ0v) is 9.72. The van der Waals surface area contributed by atoms with Gasteiger partial charge in [0.1, 0.15) is 12.2 Å². The molecule has 0 unspecified atom stereocenters. The summed E-state index contributed by atoms with van der Waals surface area (Å²) in [6.45, 7) is 2.03. The summed E-state index contributed by atoms with van der Waals surface area (Å²) in [6.07, 6.45) is 2.21. The van der Waals surface area contributed by atoms with Crippen molar-refractivity contribution in [3.63, 3.8) is 0 Å². The monoisotopic (exact) mass is 308 g/mol. The molecule has 0 aliphatic rings. The Morgan fingerprint density at radius 1 is 1.79 bits per heavy atom. The number of aldehydes is 1. The maximum absolute atomic E-state index is 11.1. The van der Waals surface area contributed by atoms with Crippen molar-refractivity contribution in [2.75, 3.05) is 6.61 Å².